The van der Waals surface area contributed by atoms with Crippen molar-refractivity contribution in [1.82, 2.24) is 10.2 Å². The van der Waals surface area contributed by atoms with Gasteiger partial charge >= 0.3 is 0 Å². The second-order valence-electron chi connectivity index (χ2n) is 7.52. The van der Waals surface area contributed by atoms with Crippen molar-refractivity contribution in [2.24, 2.45) is 0 Å². The molecule has 0 aliphatic carbocycles. The Morgan fingerprint density at radius 1 is 1.03 bits per heavy atom. The lowest BCUT2D eigenvalue weighted by Crippen LogP contribution is -2.50. The van der Waals surface area contributed by atoms with Crippen molar-refractivity contribution < 1.29 is 23.9 Å². The van der Waals surface area contributed by atoms with Gasteiger partial charge in [-0.25, -0.2) is 0 Å². The molecule has 31 heavy (non-hydrogen) atoms. The molecule has 1 saturated heterocycles. The lowest BCUT2D eigenvalue weighted by Gasteiger charge is -2.33. The van der Waals surface area contributed by atoms with Gasteiger partial charge in [-0.3, -0.25) is 14.4 Å². The van der Waals surface area contributed by atoms with E-state index in [9.17, 15) is 14.4 Å². The second kappa shape index (κ2) is 9.18. The normalized spacial score (nSPS) is 18.0. The Morgan fingerprint density at radius 3 is 2.45 bits per heavy atom. The van der Waals surface area contributed by atoms with E-state index in [1.165, 1.54) is 6.92 Å². The van der Waals surface area contributed by atoms with Crippen molar-refractivity contribution in [3.8, 4) is 5.75 Å². The van der Waals surface area contributed by atoms with Gasteiger partial charge in [-0.05, 0) is 29.8 Å². The van der Waals surface area contributed by atoms with Crippen LogP contribution >= 0.6 is 0 Å². The molecule has 8 nitrogen and oxygen atoms in total. The molecule has 0 radical (unpaired) electrons. The molecular weight excluding hydrogens is 398 g/mol. The maximum absolute atomic E-state index is 12.7. The predicted octanol–water partition coefficient (Wildman–Crippen LogP) is 1.59. The van der Waals surface area contributed by atoms with Crippen LogP contribution in [0.5, 0.6) is 5.75 Å². The molecule has 0 aromatic heterocycles. The van der Waals surface area contributed by atoms with Crippen molar-refractivity contribution >= 4 is 23.4 Å². The molecule has 0 spiro atoms. The van der Waals surface area contributed by atoms with Crippen molar-refractivity contribution in [2.75, 3.05) is 37.7 Å². The minimum absolute atomic E-state index is 0.0162. The fourth-order valence-electron chi connectivity index (χ4n) is 3.69. The molecule has 3 amide bonds. The summed E-state index contributed by atoms with van der Waals surface area (Å²) in [5, 5.41) is 2.86. The Kier molecular flexibility index (Phi) is 6.18. The molecule has 2 aliphatic rings. The van der Waals surface area contributed by atoms with Crippen LogP contribution in [0.15, 0.2) is 48.5 Å². The number of nitrogens with zero attached hydrogens (tertiary/aromatic N) is 2. The zero-order valence-corrected chi connectivity index (χ0v) is 17.4. The van der Waals surface area contributed by atoms with Crippen LogP contribution in [0.4, 0.5) is 5.69 Å². The van der Waals surface area contributed by atoms with Gasteiger partial charge in [0, 0.05) is 32.1 Å². The molecule has 2 aromatic carbocycles. The fourth-order valence-corrected chi connectivity index (χ4v) is 3.69. The first-order valence-corrected chi connectivity index (χ1v) is 10.3. The van der Waals surface area contributed by atoms with Gasteiger partial charge in [-0.1, -0.05) is 24.3 Å². The number of ether oxygens (including phenoxy) is 2. The molecule has 2 heterocycles. The van der Waals surface area contributed by atoms with E-state index in [-0.39, 0.29) is 24.3 Å². The SMILES string of the molecule is CC(=O)N1C[C@@H](C(=O)NCc2ccc(C(=O)N3CCOCC3)cc2)Oc2ccccc21. The lowest BCUT2D eigenvalue weighted by atomic mass is 10.1. The molecule has 1 atom stereocenters. The van der Waals surface area contributed by atoms with E-state index >= 15 is 0 Å². The van der Waals surface area contributed by atoms with Gasteiger partial charge in [0.1, 0.15) is 5.75 Å². The Bertz CT molecular complexity index is 969. The highest BCUT2D eigenvalue weighted by Crippen LogP contribution is 2.33. The Labute approximate surface area is 180 Å². The smallest absolute Gasteiger partial charge is 0.263 e. The number of carbonyl (C=O) groups excluding carboxylic acids is 3. The number of benzene rings is 2. The van der Waals surface area contributed by atoms with Crippen LogP contribution in [0.25, 0.3) is 0 Å². The average molecular weight is 423 g/mol. The Hall–Kier alpha value is -3.39. The van der Waals surface area contributed by atoms with E-state index in [0.29, 0.717) is 49.8 Å². The number of fused-ring (bicyclic) bond motifs is 1. The van der Waals surface area contributed by atoms with Crippen LogP contribution in [0.1, 0.15) is 22.8 Å². The van der Waals surface area contributed by atoms with Crippen LogP contribution in [0.3, 0.4) is 0 Å². The summed E-state index contributed by atoms with van der Waals surface area (Å²) in [5.74, 6) is 0.0517. The van der Waals surface area contributed by atoms with E-state index in [4.69, 9.17) is 9.47 Å². The second-order valence-corrected chi connectivity index (χ2v) is 7.52. The molecule has 0 bridgehead atoms. The summed E-state index contributed by atoms with van der Waals surface area (Å²) in [4.78, 5) is 40.5. The summed E-state index contributed by atoms with van der Waals surface area (Å²) in [7, 11) is 0. The van der Waals surface area contributed by atoms with E-state index < -0.39 is 6.10 Å². The molecule has 2 aliphatic heterocycles. The fraction of sp³-hybridized carbons (Fsp3) is 0.348. The van der Waals surface area contributed by atoms with E-state index in [1.807, 2.05) is 18.2 Å². The maximum atomic E-state index is 12.7. The minimum Gasteiger partial charge on any atom is -0.477 e. The van der Waals surface area contributed by atoms with Crippen LogP contribution < -0.4 is 15.0 Å². The molecule has 162 valence electrons. The number of amides is 3. The molecule has 1 N–H and O–H groups in total. The first-order chi connectivity index (χ1) is 15.0. The number of hydrogen-bond acceptors (Lipinski definition) is 5. The number of rotatable bonds is 4. The molecule has 1 fully saturated rings. The van der Waals surface area contributed by atoms with Gasteiger partial charge in [0.2, 0.25) is 5.91 Å². The predicted molar refractivity (Wildman–Crippen MR) is 114 cm³/mol. The highest BCUT2D eigenvalue weighted by Gasteiger charge is 2.32. The Balaban J connectivity index is 1.35. The third kappa shape index (κ3) is 4.69. The largest absolute Gasteiger partial charge is 0.477 e. The molecule has 2 aromatic rings. The van der Waals surface area contributed by atoms with E-state index in [1.54, 1.807) is 40.1 Å². The highest BCUT2D eigenvalue weighted by molar-refractivity contribution is 5.96. The summed E-state index contributed by atoms with van der Waals surface area (Å²) in [5.41, 5.74) is 2.15. The Morgan fingerprint density at radius 2 is 1.74 bits per heavy atom. The van der Waals surface area contributed by atoms with Crippen molar-refractivity contribution in [3.63, 3.8) is 0 Å². The van der Waals surface area contributed by atoms with Gasteiger partial charge in [0.05, 0.1) is 25.4 Å². The summed E-state index contributed by atoms with van der Waals surface area (Å²) < 4.78 is 11.1. The topological polar surface area (TPSA) is 88.2 Å². The highest BCUT2D eigenvalue weighted by atomic mass is 16.5. The average Bonchev–Trinajstić information content (AvgIpc) is 2.82. The first kappa shape index (κ1) is 20.9. The minimum atomic E-state index is -0.791. The lowest BCUT2D eigenvalue weighted by molar-refractivity contribution is -0.128. The summed E-state index contributed by atoms with van der Waals surface area (Å²) >= 11 is 0. The number of anilines is 1. The standard InChI is InChI=1S/C23H25N3O5/c1-16(27)26-15-21(31-20-5-3-2-4-19(20)26)22(28)24-14-17-6-8-18(9-7-17)23(29)25-10-12-30-13-11-25/h2-9,21H,10-15H2,1H3,(H,24,28)/t21-/m0/s1. The van der Waals surface area contributed by atoms with Crippen molar-refractivity contribution in [1.29, 1.82) is 0 Å². The number of nitrogens with one attached hydrogen (secondary N) is 1. The number of carbonyl (C=O) groups is 3. The van der Waals surface area contributed by atoms with E-state index in [0.717, 1.165) is 5.56 Å². The quantitative estimate of drug-likeness (QED) is 0.807. The third-order valence-electron chi connectivity index (χ3n) is 5.41. The first-order valence-electron chi connectivity index (χ1n) is 10.3. The van der Waals surface area contributed by atoms with Gasteiger partial charge < -0.3 is 24.6 Å². The van der Waals surface area contributed by atoms with E-state index in [2.05, 4.69) is 5.32 Å². The zero-order chi connectivity index (χ0) is 21.8. The number of morpholine rings is 1. The number of para-hydroxylation sites is 2. The summed E-state index contributed by atoms with van der Waals surface area (Å²) in [6.07, 6.45) is -0.791. The van der Waals surface area contributed by atoms with Gasteiger partial charge in [-0.2, -0.15) is 0 Å². The molecular formula is C23H25N3O5. The van der Waals surface area contributed by atoms with Crippen LogP contribution in [0.2, 0.25) is 0 Å². The van der Waals surface area contributed by atoms with Crippen molar-refractivity contribution in [3.05, 3.63) is 59.7 Å². The molecule has 0 unspecified atom stereocenters. The van der Waals surface area contributed by atoms with Crippen LogP contribution in [0, 0.1) is 0 Å². The summed E-state index contributed by atoms with van der Waals surface area (Å²) in [6.45, 7) is 4.24. The van der Waals surface area contributed by atoms with Gasteiger partial charge in [0.15, 0.2) is 6.10 Å². The van der Waals surface area contributed by atoms with Gasteiger partial charge in [-0.15, -0.1) is 0 Å². The summed E-state index contributed by atoms with van der Waals surface area (Å²) in [6, 6.07) is 14.4. The molecule has 8 heteroatoms. The van der Waals surface area contributed by atoms with Crippen LogP contribution in [-0.4, -0.2) is 61.6 Å². The van der Waals surface area contributed by atoms with Gasteiger partial charge in [0.25, 0.3) is 11.8 Å². The number of hydrogen-bond donors (Lipinski definition) is 1. The molecule has 4 rings (SSSR count). The van der Waals surface area contributed by atoms with Crippen molar-refractivity contribution in [2.45, 2.75) is 19.6 Å². The van der Waals surface area contributed by atoms with Crippen LogP contribution in [-0.2, 0) is 20.9 Å². The molecule has 0 saturated carbocycles. The zero-order valence-electron chi connectivity index (χ0n) is 17.4. The monoisotopic (exact) mass is 423 g/mol. The maximum Gasteiger partial charge on any atom is 0.263 e. The third-order valence-corrected chi connectivity index (χ3v) is 5.41.